The number of hydrogen-bond acceptors (Lipinski definition) is 9. The van der Waals surface area contributed by atoms with Gasteiger partial charge < -0.3 is 23.1 Å². The molecule has 0 bridgehead atoms. The molecule has 13 heteroatoms. The minimum atomic E-state index is -0.455. The zero-order valence-electron chi connectivity index (χ0n) is 24.4. The van der Waals surface area contributed by atoms with E-state index in [2.05, 4.69) is 39.5 Å². The average Bonchev–Trinajstić information content (AvgIpc) is 3.66. The third-order valence-electron chi connectivity index (χ3n) is 8.22. The summed E-state index contributed by atoms with van der Waals surface area (Å²) in [6, 6.07) is 9.13. The second kappa shape index (κ2) is 10.5. The number of thioether (sulfide) groups is 1. The van der Waals surface area contributed by atoms with Crippen molar-refractivity contribution in [1.29, 1.82) is 0 Å². The number of quaternary nitrogens is 1. The number of halogens is 1. The first-order valence-electron chi connectivity index (χ1n) is 14.2. The molecule has 2 aliphatic rings. The fraction of sp³-hybridized carbons (Fsp3) is 0.367. The molecule has 222 valence electrons. The summed E-state index contributed by atoms with van der Waals surface area (Å²) in [5, 5.41) is 16.1. The number of hydrogen-bond donors (Lipinski definition) is 1. The number of pyridine rings is 1. The summed E-state index contributed by atoms with van der Waals surface area (Å²) in [7, 11) is 4.35. The van der Waals surface area contributed by atoms with Crippen LogP contribution in [0.4, 0.5) is 10.1 Å². The maximum absolute atomic E-state index is 15.8. The Morgan fingerprint density at radius 3 is 2.70 bits per heavy atom. The van der Waals surface area contributed by atoms with Crippen LogP contribution in [0.15, 0.2) is 50.9 Å². The van der Waals surface area contributed by atoms with Gasteiger partial charge in [-0.05, 0) is 32.0 Å². The van der Waals surface area contributed by atoms with Crippen molar-refractivity contribution in [2.75, 3.05) is 51.8 Å². The van der Waals surface area contributed by atoms with Gasteiger partial charge in [-0.2, -0.15) is 0 Å². The molecule has 0 spiro atoms. The number of piperazine rings is 1. The maximum Gasteiger partial charge on any atom is 0.247 e. The highest BCUT2D eigenvalue weighted by Gasteiger charge is 2.33. The smallest absolute Gasteiger partial charge is 0.247 e. The lowest BCUT2D eigenvalue weighted by Crippen LogP contribution is -2.55. The number of H-pyrrole nitrogens is 1. The van der Waals surface area contributed by atoms with E-state index in [1.54, 1.807) is 6.20 Å². The van der Waals surface area contributed by atoms with Gasteiger partial charge in [-0.1, -0.05) is 29.5 Å². The van der Waals surface area contributed by atoms with Crippen LogP contribution in [0.5, 0.6) is 5.75 Å². The second-order valence-corrected chi connectivity index (χ2v) is 12.8. The average molecular weight is 604 g/mol. The maximum atomic E-state index is 15.8. The van der Waals surface area contributed by atoms with E-state index >= 15 is 4.39 Å². The van der Waals surface area contributed by atoms with Gasteiger partial charge in [0.25, 0.3) is 0 Å². The molecule has 0 unspecified atom stereocenters. The van der Waals surface area contributed by atoms with Gasteiger partial charge in [0.15, 0.2) is 17.4 Å². The number of aromatic amines is 1. The van der Waals surface area contributed by atoms with Gasteiger partial charge in [-0.3, -0.25) is 9.89 Å². The summed E-state index contributed by atoms with van der Waals surface area (Å²) in [5.74, 6) is 1.53. The van der Waals surface area contributed by atoms with Gasteiger partial charge in [-0.25, -0.2) is 9.37 Å². The SMILES string of the molecule is Cc1ccc(-c2nnc(CSc3n[nH]c(-c4cn5c6c(c(N7CC[N+](C)(C)CC7)c(F)cc6c4=O)OC[C@@H]5C)n3)o2)cc1. The van der Waals surface area contributed by atoms with Crippen molar-refractivity contribution < 1.29 is 18.0 Å². The van der Waals surface area contributed by atoms with Crippen LogP contribution in [0.3, 0.4) is 0 Å². The van der Waals surface area contributed by atoms with Crippen LogP contribution in [0.1, 0.15) is 24.4 Å². The second-order valence-electron chi connectivity index (χ2n) is 11.9. The number of nitrogens with one attached hydrogen (secondary N) is 1. The molecule has 1 N–H and O–H groups in total. The van der Waals surface area contributed by atoms with E-state index in [1.165, 1.54) is 17.8 Å². The largest absolute Gasteiger partial charge is 0.487 e. The van der Waals surface area contributed by atoms with Crippen molar-refractivity contribution in [3.63, 3.8) is 0 Å². The fourth-order valence-corrected chi connectivity index (χ4v) is 6.22. The summed E-state index contributed by atoms with van der Waals surface area (Å²) in [6.07, 6.45) is 1.78. The van der Waals surface area contributed by atoms with Crippen LogP contribution in [-0.4, -0.2) is 81.3 Å². The molecule has 1 saturated heterocycles. The molecule has 2 aliphatic heterocycles. The van der Waals surface area contributed by atoms with Gasteiger partial charge in [0.2, 0.25) is 22.4 Å². The van der Waals surface area contributed by atoms with Gasteiger partial charge in [0.05, 0.1) is 68.5 Å². The zero-order chi connectivity index (χ0) is 29.9. The molecule has 0 radical (unpaired) electrons. The molecule has 0 saturated carbocycles. The Morgan fingerprint density at radius 2 is 1.93 bits per heavy atom. The van der Waals surface area contributed by atoms with Crippen molar-refractivity contribution in [3.05, 3.63) is 64.0 Å². The van der Waals surface area contributed by atoms with Crippen LogP contribution < -0.4 is 15.1 Å². The van der Waals surface area contributed by atoms with Crippen LogP contribution in [0.25, 0.3) is 33.7 Å². The van der Waals surface area contributed by atoms with Crippen LogP contribution in [0, 0.1) is 12.7 Å². The highest BCUT2D eigenvalue weighted by molar-refractivity contribution is 7.98. The molecular formula is C30H32FN8O3S+. The van der Waals surface area contributed by atoms with Crippen LogP contribution in [0.2, 0.25) is 0 Å². The number of aryl methyl sites for hydroxylation is 1. The zero-order valence-corrected chi connectivity index (χ0v) is 25.2. The number of nitrogens with zero attached hydrogens (tertiary/aromatic N) is 7. The van der Waals surface area contributed by atoms with Crippen molar-refractivity contribution in [1.82, 2.24) is 29.9 Å². The van der Waals surface area contributed by atoms with Crippen LogP contribution >= 0.6 is 11.8 Å². The van der Waals surface area contributed by atoms with Crippen LogP contribution in [-0.2, 0) is 5.75 Å². The van der Waals surface area contributed by atoms with Crippen molar-refractivity contribution in [3.8, 4) is 28.6 Å². The topological polar surface area (TPSA) is 115 Å². The quantitative estimate of drug-likeness (QED) is 0.222. The Hall–Kier alpha value is -4.23. The molecule has 0 amide bonds. The number of rotatable bonds is 6. The van der Waals surface area contributed by atoms with E-state index in [0.717, 1.165) is 28.7 Å². The lowest BCUT2D eigenvalue weighted by Gasteiger charge is -2.41. The normalized spacial score (nSPS) is 17.8. The number of ether oxygens (including phenoxy) is 1. The molecular weight excluding hydrogens is 571 g/mol. The monoisotopic (exact) mass is 603 g/mol. The molecule has 2 aromatic carbocycles. The predicted octanol–water partition coefficient (Wildman–Crippen LogP) is 4.43. The lowest BCUT2D eigenvalue weighted by atomic mass is 10.0. The third-order valence-corrected chi connectivity index (χ3v) is 9.05. The minimum Gasteiger partial charge on any atom is -0.487 e. The Morgan fingerprint density at radius 1 is 1.16 bits per heavy atom. The van der Waals surface area contributed by atoms with E-state index < -0.39 is 5.82 Å². The first-order valence-corrected chi connectivity index (χ1v) is 15.2. The van der Waals surface area contributed by atoms with Gasteiger partial charge in [0, 0.05) is 11.8 Å². The van der Waals surface area contributed by atoms with Crippen molar-refractivity contribution in [2.45, 2.75) is 30.8 Å². The van der Waals surface area contributed by atoms with E-state index in [0.29, 0.717) is 70.7 Å². The number of likely N-dealkylation sites (N-methyl/N-ethyl adjacent to an activating group) is 1. The van der Waals surface area contributed by atoms with E-state index in [1.807, 2.05) is 47.6 Å². The summed E-state index contributed by atoms with van der Waals surface area (Å²) in [4.78, 5) is 20.4. The molecule has 0 aliphatic carbocycles. The molecule has 1 atom stereocenters. The molecule has 43 heavy (non-hydrogen) atoms. The number of anilines is 1. The van der Waals surface area contributed by atoms with E-state index in [-0.39, 0.29) is 16.9 Å². The molecule has 1 fully saturated rings. The summed E-state index contributed by atoms with van der Waals surface area (Å²) in [6.45, 7) is 7.60. The highest BCUT2D eigenvalue weighted by Crippen LogP contribution is 2.42. The Bertz CT molecular complexity index is 1890. The Balaban J connectivity index is 1.18. The summed E-state index contributed by atoms with van der Waals surface area (Å²) >= 11 is 1.31. The number of aromatic nitrogens is 6. The van der Waals surface area contributed by atoms with Gasteiger partial charge in [0.1, 0.15) is 12.3 Å². The molecule has 5 aromatic rings. The summed E-state index contributed by atoms with van der Waals surface area (Å²) in [5.41, 5.74) is 3.02. The van der Waals surface area contributed by atoms with Crippen molar-refractivity contribution in [2.24, 2.45) is 0 Å². The lowest BCUT2D eigenvalue weighted by molar-refractivity contribution is -0.890. The highest BCUT2D eigenvalue weighted by atomic mass is 32.2. The first kappa shape index (κ1) is 27.6. The molecule has 3 aromatic heterocycles. The van der Waals surface area contributed by atoms with E-state index in [9.17, 15) is 4.79 Å². The Kier molecular flexibility index (Phi) is 6.73. The molecule has 5 heterocycles. The van der Waals surface area contributed by atoms with E-state index in [4.69, 9.17) is 9.15 Å². The standard InChI is InChI=1S/C30H32FN8O3S/c1-17-5-7-19(8-6-17)29-35-33-23(42-29)16-43-30-32-28(34-36-30)21-14-38-18(2)15-41-27-24(38)20(26(21)40)13-22(31)25(27)37-9-11-39(3,4)12-10-37/h5-8,13-14,18H,9-12,15-16H2,1-4H3,(H,32,34,36)/q+1/t18-/m0/s1. The first-order chi connectivity index (χ1) is 20.7. The third kappa shape index (κ3) is 5.06. The number of benzene rings is 2. The van der Waals surface area contributed by atoms with Crippen molar-refractivity contribution >= 4 is 28.4 Å². The molecule has 11 nitrogen and oxygen atoms in total. The Labute approximate surface area is 251 Å². The van der Waals surface area contributed by atoms with Gasteiger partial charge >= 0.3 is 0 Å². The predicted molar refractivity (Wildman–Crippen MR) is 162 cm³/mol. The van der Waals surface area contributed by atoms with Gasteiger partial charge in [-0.15, -0.1) is 15.3 Å². The molecule has 7 rings (SSSR count). The fourth-order valence-electron chi connectivity index (χ4n) is 5.59. The summed E-state index contributed by atoms with van der Waals surface area (Å²) < 4.78 is 30.6. The minimum absolute atomic E-state index is 0.0679.